The summed E-state index contributed by atoms with van der Waals surface area (Å²) in [6.45, 7) is 0. The van der Waals surface area contributed by atoms with E-state index in [9.17, 15) is 5.11 Å². The zero-order valence-corrected chi connectivity index (χ0v) is 8.51. The Bertz CT molecular complexity index is 426. The minimum Gasteiger partial charge on any atom is -0.505 e. The number of halogens is 2. The van der Waals surface area contributed by atoms with Crippen LogP contribution in [0.4, 0.5) is 0 Å². The van der Waals surface area contributed by atoms with Crippen LogP contribution in [0, 0.1) is 0 Å². The van der Waals surface area contributed by atoms with Crippen molar-refractivity contribution >= 4 is 23.2 Å². The summed E-state index contributed by atoms with van der Waals surface area (Å²) in [6, 6.07) is 6.76. The molecule has 2 aromatic rings. The maximum absolute atomic E-state index is 9.33. The Morgan fingerprint density at radius 3 is 2.29 bits per heavy atom. The first-order chi connectivity index (χ1) is 6.68. The summed E-state index contributed by atoms with van der Waals surface area (Å²) in [4.78, 5) is 0. The molecule has 72 valence electrons. The SMILES string of the molecule is Oc1c(Cl)cc(-c2ccco2)cc1Cl. The van der Waals surface area contributed by atoms with Crippen LogP contribution in [0.2, 0.25) is 10.0 Å². The molecule has 0 atom stereocenters. The Morgan fingerprint density at radius 2 is 1.79 bits per heavy atom. The highest BCUT2D eigenvalue weighted by Crippen LogP contribution is 2.36. The summed E-state index contributed by atoms with van der Waals surface area (Å²) in [5, 5.41) is 9.76. The molecule has 1 heterocycles. The van der Waals surface area contributed by atoms with Gasteiger partial charge in [0.15, 0.2) is 5.75 Å². The van der Waals surface area contributed by atoms with Crippen molar-refractivity contribution in [1.82, 2.24) is 0 Å². The third-order valence-electron chi connectivity index (χ3n) is 1.82. The monoisotopic (exact) mass is 228 g/mol. The standard InChI is InChI=1S/C10H6Cl2O2/c11-7-4-6(5-8(12)10(7)13)9-2-1-3-14-9/h1-5,13H. The highest BCUT2D eigenvalue weighted by atomic mass is 35.5. The molecule has 2 nitrogen and oxygen atoms in total. The predicted molar refractivity (Wildman–Crippen MR) is 55.8 cm³/mol. The molecule has 0 aliphatic carbocycles. The number of phenols is 1. The van der Waals surface area contributed by atoms with Crippen molar-refractivity contribution in [2.45, 2.75) is 0 Å². The van der Waals surface area contributed by atoms with Gasteiger partial charge in [-0.05, 0) is 24.3 Å². The lowest BCUT2D eigenvalue weighted by molar-refractivity contribution is 0.476. The minimum atomic E-state index is -0.108. The lowest BCUT2D eigenvalue weighted by Crippen LogP contribution is -1.77. The molecular formula is C10H6Cl2O2. The van der Waals surface area contributed by atoms with Gasteiger partial charge in [-0.2, -0.15) is 0 Å². The highest BCUT2D eigenvalue weighted by Gasteiger charge is 2.09. The molecular weight excluding hydrogens is 223 g/mol. The number of aromatic hydroxyl groups is 1. The first kappa shape index (κ1) is 9.44. The number of hydrogen-bond donors (Lipinski definition) is 1. The molecule has 1 aromatic carbocycles. The van der Waals surface area contributed by atoms with Crippen molar-refractivity contribution in [3.05, 3.63) is 40.6 Å². The summed E-state index contributed by atoms with van der Waals surface area (Å²) in [6.07, 6.45) is 1.56. The summed E-state index contributed by atoms with van der Waals surface area (Å²) in [5.74, 6) is 0.553. The Kier molecular flexibility index (Phi) is 2.40. The molecule has 14 heavy (non-hydrogen) atoms. The maximum atomic E-state index is 9.33. The smallest absolute Gasteiger partial charge is 0.152 e. The Hall–Kier alpha value is -1.12. The molecule has 0 saturated heterocycles. The number of benzene rings is 1. The van der Waals surface area contributed by atoms with Crippen molar-refractivity contribution < 1.29 is 9.52 Å². The number of phenolic OH excluding ortho intramolecular Hbond substituents is 1. The van der Waals surface area contributed by atoms with Crippen LogP contribution < -0.4 is 0 Å². The topological polar surface area (TPSA) is 33.4 Å². The second-order valence-electron chi connectivity index (χ2n) is 2.77. The second kappa shape index (κ2) is 3.56. The molecule has 2 rings (SSSR count). The molecule has 0 spiro atoms. The van der Waals surface area contributed by atoms with Gasteiger partial charge in [0.2, 0.25) is 0 Å². The average molecular weight is 229 g/mol. The van der Waals surface area contributed by atoms with E-state index in [-0.39, 0.29) is 15.8 Å². The largest absolute Gasteiger partial charge is 0.505 e. The van der Waals surface area contributed by atoms with Gasteiger partial charge in [-0.3, -0.25) is 0 Å². The van der Waals surface area contributed by atoms with Crippen LogP contribution in [0.5, 0.6) is 5.75 Å². The molecule has 0 aliphatic heterocycles. The van der Waals surface area contributed by atoms with E-state index < -0.39 is 0 Å². The first-order valence-corrected chi connectivity index (χ1v) is 4.66. The molecule has 0 bridgehead atoms. The van der Waals surface area contributed by atoms with Gasteiger partial charge < -0.3 is 9.52 Å². The molecule has 0 fully saturated rings. The third kappa shape index (κ3) is 1.59. The predicted octanol–water partition coefficient (Wildman–Crippen LogP) is 3.96. The molecule has 1 aromatic heterocycles. The van der Waals surface area contributed by atoms with Crippen LogP contribution in [0.25, 0.3) is 11.3 Å². The number of furan rings is 1. The van der Waals surface area contributed by atoms with Crippen LogP contribution in [0.3, 0.4) is 0 Å². The average Bonchev–Trinajstić information content (AvgIpc) is 2.66. The zero-order chi connectivity index (χ0) is 10.1. The van der Waals surface area contributed by atoms with Crippen LogP contribution in [-0.4, -0.2) is 5.11 Å². The van der Waals surface area contributed by atoms with Crippen LogP contribution in [0.1, 0.15) is 0 Å². The zero-order valence-electron chi connectivity index (χ0n) is 7.00. The third-order valence-corrected chi connectivity index (χ3v) is 2.40. The van der Waals surface area contributed by atoms with E-state index in [0.717, 1.165) is 5.56 Å². The van der Waals surface area contributed by atoms with E-state index in [4.69, 9.17) is 27.6 Å². The summed E-state index contributed by atoms with van der Waals surface area (Å²) in [5.41, 5.74) is 0.739. The fraction of sp³-hybridized carbons (Fsp3) is 0. The highest BCUT2D eigenvalue weighted by molar-refractivity contribution is 6.37. The lowest BCUT2D eigenvalue weighted by Gasteiger charge is -2.02. The fourth-order valence-electron chi connectivity index (χ4n) is 1.15. The normalized spacial score (nSPS) is 10.4. The van der Waals surface area contributed by atoms with Crippen molar-refractivity contribution in [3.8, 4) is 17.1 Å². The quantitative estimate of drug-likeness (QED) is 0.802. The van der Waals surface area contributed by atoms with Crippen molar-refractivity contribution in [2.24, 2.45) is 0 Å². The fourth-order valence-corrected chi connectivity index (χ4v) is 1.64. The molecule has 0 aliphatic rings. The second-order valence-corrected chi connectivity index (χ2v) is 3.58. The van der Waals surface area contributed by atoms with Crippen LogP contribution in [0.15, 0.2) is 34.9 Å². The number of hydrogen-bond acceptors (Lipinski definition) is 2. The molecule has 0 radical (unpaired) electrons. The maximum Gasteiger partial charge on any atom is 0.152 e. The van der Waals surface area contributed by atoms with Gasteiger partial charge in [0, 0.05) is 5.56 Å². The molecule has 0 saturated carbocycles. The lowest BCUT2D eigenvalue weighted by atomic mass is 10.1. The number of rotatable bonds is 1. The van der Waals surface area contributed by atoms with Gasteiger partial charge in [-0.25, -0.2) is 0 Å². The first-order valence-electron chi connectivity index (χ1n) is 3.90. The van der Waals surface area contributed by atoms with Crippen molar-refractivity contribution in [2.75, 3.05) is 0 Å². The minimum absolute atomic E-state index is 0.108. The van der Waals surface area contributed by atoms with Crippen LogP contribution >= 0.6 is 23.2 Å². The molecule has 1 N–H and O–H groups in total. The van der Waals surface area contributed by atoms with E-state index in [1.54, 1.807) is 30.5 Å². The van der Waals surface area contributed by atoms with Gasteiger partial charge in [0.1, 0.15) is 5.76 Å². The summed E-state index contributed by atoms with van der Waals surface area (Å²) < 4.78 is 5.17. The molecule has 0 amide bonds. The van der Waals surface area contributed by atoms with E-state index in [1.165, 1.54) is 0 Å². The summed E-state index contributed by atoms with van der Waals surface area (Å²) in [7, 11) is 0. The van der Waals surface area contributed by atoms with Gasteiger partial charge >= 0.3 is 0 Å². The van der Waals surface area contributed by atoms with Gasteiger partial charge in [-0.15, -0.1) is 0 Å². The van der Waals surface area contributed by atoms with Gasteiger partial charge in [0.25, 0.3) is 0 Å². The Labute approximate surface area is 90.7 Å². The molecule has 0 unspecified atom stereocenters. The van der Waals surface area contributed by atoms with Crippen molar-refractivity contribution in [3.63, 3.8) is 0 Å². The van der Waals surface area contributed by atoms with Crippen molar-refractivity contribution in [1.29, 1.82) is 0 Å². The Morgan fingerprint density at radius 1 is 1.14 bits per heavy atom. The van der Waals surface area contributed by atoms with Gasteiger partial charge in [-0.1, -0.05) is 23.2 Å². The summed E-state index contributed by atoms with van der Waals surface area (Å²) >= 11 is 11.5. The Balaban J connectivity index is 2.57. The van der Waals surface area contributed by atoms with E-state index in [0.29, 0.717) is 5.76 Å². The van der Waals surface area contributed by atoms with E-state index in [2.05, 4.69) is 0 Å². The van der Waals surface area contributed by atoms with Crippen LogP contribution in [-0.2, 0) is 0 Å². The van der Waals surface area contributed by atoms with E-state index >= 15 is 0 Å². The van der Waals surface area contributed by atoms with Gasteiger partial charge in [0.05, 0.1) is 16.3 Å². The van der Waals surface area contributed by atoms with E-state index in [1.807, 2.05) is 0 Å². The molecule has 4 heteroatoms.